The van der Waals surface area contributed by atoms with E-state index in [2.05, 4.69) is 46.0 Å². The van der Waals surface area contributed by atoms with Gasteiger partial charge in [0.1, 0.15) is 11.9 Å². The Hall–Kier alpha value is -2.78. The van der Waals surface area contributed by atoms with E-state index in [1.165, 1.54) is 5.56 Å². The van der Waals surface area contributed by atoms with Gasteiger partial charge in [-0.1, -0.05) is 18.2 Å². The number of nitrogens with one attached hydrogen (secondary N) is 1. The number of fused-ring (bicyclic) bond motifs is 1. The highest BCUT2D eigenvalue weighted by Gasteiger charge is 2.27. The minimum Gasteiger partial charge on any atom is -0.376 e. The Balaban J connectivity index is 1.57. The average Bonchev–Trinajstić information content (AvgIpc) is 3.33. The third-order valence-electron chi connectivity index (χ3n) is 6.59. The van der Waals surface area contributed by atoms with Gasteiger partial charge in [-0.2, -0.15) is 5.26 Å². The van der Waals surface area contributed by atoms with E-state index >= 15 is 0 Å². The quantitative estimate of drug-likeness (QED) is 0.817. The number of amides is 1. The molecule has 1 aromatic carbocycles. The molecule has 2 atom stereocenters. The number of para-hydroxylation sites is 1. The van der Waals surface area contributed by atoms with Gasteiger partial charge in [0.15, 0.2) is 0 Å². The first kappa shape index (κ1) is 20.5. The number of rotatable bonds is 5. The van der Waals surface area contributed by atoms with Crippen molar-refractivity contribution in [3.05, 3.63) is 46.6 Å². The number of nitrogens with zero attached hydrogens (tertiary/aromatic N) is 3. The van der Waals surface area contributed by atoms with Gasteiger partial charge in [-0.15, -0.1) is 0 Å². The fourth-order valence-electron chi connectivity index (χ4n) is 4.68. The highest BCUT2D eigenvalue weighted by Crippen LogP contribution is 2.31. The molecule has 0 bridgehead atoms. The van der Waals surface area contributed by atoms with Crippen molar-refractivity contribution < 1.29 is 9.53 Å². The lowest BCUT2D eigenvalue weighted by atomic mass is 9.96. The van der Waals surface area contributed by atoms with Crippen LogP contribution in [0.3, 0.4) is 0 Å². The molecule has 1 saturated heterocycles. The molecular formula is C24H30N4O2. The maximum atomic E-state index is 13.1. The summed E-state index contributed by atoms with van der Waals surface area (Å²) in [6, 6.07) is 10.9. The van der Waals surface area contributed by atoms with Crippen molar-refractivity contribution in [2.75, 3.05) is 23.4 Å². The normalized spacial score (nSPS) is 20.7. The number of carbonyl (C=O) groups is 1. The molecule has 0 saturated carbocycles. The van der Waals surface area contributed by atoms with Crippen LogP contribution < -0.4 is 10.2 Å². The summed E-state index contributed by atoms with van der Waals surface area (Å²) >= 11 is 0. The van der Waals surface area contributed by atoms with Crippen LogP contribution in [0.25, 0.3) is 0 Å². The monoisotopic (exact) mass is 406 g/mol. The van der Waals surface area contributed by atoms with Crippen molar-refractivity contribution in [3.8, 4) is 6.07 Å². The van der Waals surface area contributed by atoms with Crippen molar-refractivity contribution in [2.24, 2.45) is 0 Å². The first-order valence-electron chi connectivity index (χ1n) is 10.9. The molecule has 6 nitrogen and oxygen atoms in total. The molecule has 2 aliphatic heterocycles. The van der Waals surface area contributed by atoms with Gasteiger partial charge in [0.25, 0.3) is 0 Å². The summed E-state index contributed by atoms with van der Waals surface area (Å²) in [6.07, 6.45) is 4.27. The number of nitriles is 1. The summed E-state index contributed by atoms with van der Waals surface area (Å²) in [5.74, 6) is 0.507. The molecule has 6 heteroatoms. The number of anilines is 2. The zero-order valence-electron chi connectivity index (χ0n) is 18.1. The molecular weight excluding hydrogens is 376 g/mol. The molecule has 0 aliphatic carbocycles. The predicted octanol–water partition coefficient (Wildman–Crippen LogP) is 3.94. The van der Waals surface area contributed by atoms with Gasteiger partial charge >= 0.3 is 0 Å². The summed E-state index contributed by atoms with van der Waals surface area (Å²) in [5, 5.41) is 12.8. The topological polar surface area (TPSA) is 70.3 Å². The van der Waals surface area contributed by atoms with Gasteiger partial charge in [-0.05, 0) is 63.6 Å². The van der Waals surface area contributed by atoms with Crippen LogP contribution in [-0.2, 0) is 22.5 Å². The average molecular weight is 407 g/mol. The van der Waals surface area contributed by atoms with E-state index in [0.717, 1.165) is 49.2 Å². The van der Waals surface area contributed by atoms with Crippen LogP contribution in [0, 0.1) is 25.2 Å². The Labute approximate surface area is 178 Å². The maximum absolute atomic E-state index is 13.1. The third kappa shape index (κ3) is 3.82. The molecule has 1 fully saturated rings. The number of ether oxygens (including phenoxy) is 1. The van der Waals surface area contributed by atoms with Crippen LogP contribution in [0.1, 0.15) is 48.6 Å². The molecule has 2 aromatic rings. The first-order chi connectivity index (χ1) is 14.5. The Morgan fingerprint density at radius 1 is 1.30 bits per heavy atom. The number of hydrogen-bond donors (Lipinski definition) is 1. The molecule has 2 aliphatic rings. The standard InChI is InChI=1S/C24H30N4O2/c1-16-10-11-19-7-4-5-9-22(19)27(16)15-23(29)26-24-21(13-25)17(2)18(3)28(24)14-20-8-6-12-30-20/h4-5,7,9,16,20H,6,8,10-12,14-15H2,1-3H3,(H,26,29)/t16-,20-/m0/s1. The number of hydrogen-bond acceptors (Lipinski definition) is 4. The number of benzene rings is 1. The molecule has 0 unspecified atom stereocenters. The summed E-state index contributed by atoms with van der Waals surface area (Å²) in [7, 11) is 0. The second-order valence-electron chi connectivity index (χ2n) is 8.48. The summed E-state index contributed by atoms with van der Waals surface area (Å²) in [6.45, 7) is 7.82. The zero-order chi connectivity index (χ0) is 21.3. The zero-order valence-corrected chi connectivity index (χ0v) is 18.1. The van der Waals surface area contributed by atoms with Gasteiger partial charge in [0.2, 0.25) is 5.91 Å². The van der Waals surface area contributed by atoms with E-state index in [4.69, 9.17) is 4.74 Å². The lowest BCUT2D eigenvalue weighted by Crippen LogP contribution is -2.42. The van der Waals surface area contributed by atoms with Crippen molar-refractivity contribution in [3.63, 3.8) is 0 Å². The summed E-state index contributed by atoms with van der Waals surface area (Å²) in [4.78, 5) is 15.3. The molecule has 0 spiro atoms. The van der Waals surface area contributed by atoms with Crippen molar-refractivity contribution in [1.82, 2.24) is 4.57 Å². The number of aromatic nitrogens is 1. The van der Waals surface area contributed by atoms with Crippen LogP contribution >= 0.6 is 0 Å². The predicted molar refractivity (Wildman–Crippen MR) is 118 cm³/mol. The Morgan fingerprint density at radius 2 is 2.10 bits per heavy atom. The van der Waals surface area contributed by atoms with E-state index in [0.29, 0.717) is 24.0 Å². The molecule has 4 rings (SSSR count). The Morgan fingerprint density at radius 3 is 2.83 bits per heavy atom. The van der Waals surface area contributed by atoms with Gasteiger partial charge in [-0.25, -0.2) is 0 Å². The van der Waals surface area contributed by atoms with Crippen molar-refractivity contribution >= 4 is 17.4 Å². The van der Waals surface area contributed by atoms with Crippen LogP contribution in [-0.4, -0.2) is 35.8 Å². The Bertz CT molecular complexity index is 982. The number of carbonyl (C=O) groups excluding carboxylic acids is 1. The first-order valence-corrected chi connectivity index (χ1v) is 10.9. The SMILES string of the molecule is Cc1c(C#N)c(NC(=O)CN2c3ccccc3CC[C@@H]2C)n(C[C@@H]2CCCO2)c1C. The largest absolute Gasteiger partial charge is 0.376 e. The van der Waals surface area contributed by atoms with Crippen LogP contribution in [0.15, 0.2) is 24.3 Å². The van der Waals surface area contributed by atoms with Crippen LogP contribution in [0.2, 0.25) is 0 Å². The maximum Gasteiger partial charge on any atom is 0.245 e. The molecule has 1 amide bonds. The second kappa shape index (κ2) is 8.53. The van der Waals surface area contributed by atoms with Crippen molar-refractivity contribution in [1.29, 1.82) is 5.26 Å². The highest BCUT2D eigenvalue weighted by molar-refractivity contribution is 5.95. The van der Waals surface area contributed by atoms with Crippen LogP contribution in [0.5, 0.6) is 0 Å². The van der Waals surface area contributed by atoms with E-state index in [1.54, 1.807) is 0 Å². The molecule has 3 heterocycles. The Kier molecular flexibility index (Phi) is 5.83. The molecule has 158 valence electrons. The summed E-state index contributed by atoms with van der Waals surface area (Å²) < 4.78 is 7.86. The van der Waals surface area contributed by atoms with Gasteiger partial charge in [0, 0.05) is 24.0 Å². The van der Waals surface area contributed by atoms with E-state index in [9.17, 15) is 10.1 Å². The van der Waals surface area contributed by atoms with Crippen LogP contribution in [0.4, 0.5) is 11.5 Å². The van der Waals surface area contributed by atoms with Crippen molar-refractivity contribution in [2.45, 2.75) is 65.1 Å². The minimum absolute atomic E-state index is 0.0962. The lowest BCUT2D eigenvalue weighted by molar-refractivity contribution is -0.115. The van der Waals surface area contributed by atoms with Gasteiger partial charge in [0.05, 0.1) is 24.8 Å². The fraction of sp³-hybridized carbons (Fsp3) is 0.500. The molecule has 0 radical (unpaired) electrons. The van der Waals surface area contributed by atoms with Gasteiger partial charge in [-0.3, -0.25) is 4.79 Å². The molecule has 30 heavy (non-hydrogen) atoms. The molecule has 1 N–H and O–H groups in total. The lowest BCUT2D eigenvalue weighted by Gasteiger charge is -2.36. The van der Waals surface area contributed by atoms with E-state index < -0.39 is 0 Å². The minimum atomic E-state index is -0.0962. The molecule has 1 aromatic heterocycles. The van der Waals surface area contributed by atoms with E-state index in [-0.39, 0.29) is 18.6 Å². The number of aryl methyl sites for hydroxylation is 1. The summed E-state index contributed by atoms with van der Waals surface area (Å²) in [5.41, 5.74) is 4.89. The van der Waals surface area contributed by atoms with E-state index in [1.807, 2.05) is 19.9 Å². The fourth-order valence-corrected chi connectivity index (χ4v) is 4.68. The third-order valence-corrected chi connectivity index (χ3v) is 6.59. The highest BCUT2D eigenvalue weighted by atomic mass is 16.5. The smallest absolute Gasteiger partial charge is 0.245 e. The van der Waals surface area contributed by atoms with Gasteiger partial charge < -0.3 is 19.5 Å². The second-order valence-corrected chi connectivity index (χ2v) is 8.48.